The van der Waals surface area contributed by atoms with Crippen molar-refractivity contribution in [3.8, 4) is 0 Å². The summed E-state index contributed by atoms with van der Waals surface area (Å²) < 4.78 is 2.29. The molecule has 2 aromatic heterocycles. The predicted molar refractivity (Wildman–Crippen MR) is 138 cm³/mol. The molecular formula is C24H31N5O2S2. The first-order valence-corrected chi connectivity index (χ1v) is 13.5. The Hall–Kier alpha value is -2.39. The topological polar surface area (TPSA) is 80.1 Å². The van der Waals surface area contributed by atoms with Crippen molar-refractivity contribution in [1.29, 1.82) is 0 Å². The Bertz CT molecular complexity index is 1180. The Morgan fingerprint density at radius 1 is 1.21 bits per heavy atom. The van der Waals surface area contributed by atoms with Gasteiger partial charge >= 0.3 is 0 Å². The molecule has 1 fully saturated rings. The highest BCUT2D eigenvalue weighted by Gasteiger charge is 2.22. The van der Waals surface area contributed by atoms with Crippen molar-refractivity contribution >= 4 is 50.2 Å². The van der Waals surface area contributed by atoms with E-state index in [0.717, 1.165) is 61.1 Å². The minimum absolute atomic E-state index is 0.0600. The number of anilines is 2. The van der Waals surface area contributed by atoms with Crippen molar-refractivity contribution in [1.82, 2.24) is 14.5 Å². The number of aromatic nitrogens is 3. The molecule has 7 nitrogen and oxygen atoms in total. The lowest BCUT2D eigenvalue weighted by molar-refractivity contribution is -0.113. The van der Waals surface area contributed by atoms with Crippen LogP contribution >= 0.6 is 23.1 Å². The highest BCUT2D eigenvalue weighted by atomic mass is 32.2. The number of rotatable bonds is 8. The summed E-state index contributed by atoms with van der Waals surface area (Å²) in [7, 11) is 0. The van der Waals surface area contributed by atoms with Gasteiger partial charge in [0.2, 0.25) is 5.91 Å². The number of thiazole rings is 1. The molecule has 1 aliphatic heterocycles. The fourth-order valence-electron chi connectivity index (χ4n) is 4.01. The molecule has 3 heterocycles. The van der Waals surface area contributed by atoms with Gasteiger partial charge in [0.25, 0.3) is 5.56 Å². The van der Waals surface area contributed by atoms with Crippen molar-refractivity contribution in [3.63, 3.8) is 0 Å². The predicted octanol–water partition coefficient (Wildman–Crippen LogP) is 4.79. The molecule has 3 aromatic rings. The van der Waals surface area contributed by atoms with Crippen LogP contribution in [0.3, 0.4) is 0 Å². The highest BCUT2D eigenvalue weighted by molar-refractivity contribution is 7.99. The number of thioether (sulfide) groups is 1. The Balaban J connectivity index is 1.55. The van der Waals surface area contributed by atoms with Gasteiger partial charge in [-0.05, 0) is 43.2 Å². The molecule has 0 spiro atoms. The number of carbonyl (C=O) groups is 1. The van der Waals surface area contributed by atoms with Crippen LogP contribution in [-0.2, 0) is 17.8 Å². The molecule has 1 aromatic carbocycles. The maximum Gasteiger partial charge on any atom is 0.273 e. The summed E-state index contributed by atoms with van der Waals surface area (Å²) in [6, 6.07) is 7.81. The lowest BCUT2D eigenvalue weighted by Gasteiger charge is -2.29. The Morgan fingerprint density at radius 3 is 2.70 bits per heavy atom. The van der Waals surface area contributed by atoms with Gasteiger partial charge in [0.15, 0.2) is 15.9 Å². The fourth-order valence-corrected chi connectivity index (χ4v) is 5.83. The summed E-state index contributed by atoms with van der Waals surface area (Å²) >= 11 is 2.73. The van der Waals surface area contributed by atoms with Crippen LogP contribution in [0.15, 0.2) is 34.2 Å². The fraction of sp³-hybridized carbons (Fsp3) is 0.500. The van der Waals surface area contributed by atoms with Crippen LogP contribution in [-0.4, -0.2) is 39.3 Å². The summed E-state index contributed by atoms with van der Waals surface area (Å²) in [6.45, 7) is 8.87. The molecule has 0 saturated carbocycles. The number of amides is 1. The third-order valence-electron chi connectivity index (χ3n) is 5.98. The molecule has 9 heteroatoms. The van der Waals surface area contributed by atoms with E-state index in [9.17, 15) is 9.59 Å². The van der Waals surface area contributed by atoms with E-state index in [1.807, 2.05) is 31.2 Å². The first-order chi connectivity index (χ1) is 16.0. The number of benzene rings is 1. The van der Waals surface area contributed by atoms with Crippen molar-refractivity contribution in [2.45, 2.75) is 58.2 Å². The SMILES string of the molecule is CCCn1c(SCC(=O)Nc2ccccc2CC)nc2nc(N3CCC(C)CC3)sc2c1=O. The number of nitrogens with one attached hydrogen (secondary N) is 1. The lowest BCUT2D eigenvalue weighted by atomic mass is 10.00. The van der Waals surface area contributed by atoms with Gasteiger partial charge < -0.3 is 10.2 Å². The Morgan fingerprint density at radius 2 is 1.97 bits per heavy atom. The Kier molecular flexibility index (Phi) is 7.70. The van der Waals surface area contributed by atoms with E-state index in [0.29, 0.717) is 22.0 Å². The van der Waals surface area contributed by atoms with E-state index in [1.165, 1.54) is 23.1 Å². The number of fused-ring (bicyclic) bond motifs is 1. The number of hydrogen-bond donors (Lipinski definition) is 1. The molecule has 0 atom stereocenters. The smallest absolute Gasteiger partial charge is 0.273 e. The van der Waals surface area contributed by atoms with E-state index in [4.69, 9.17) is 9.97 Å². The summed E-state index contributed by atoms with van der Waals surface area (Å²) in [5.41, 5.74) is 2.36. The molecule has 33 heavy (non-hydrogen) atoms. The molecule has 176 valence electrons. The first-order valence-electron chi connectivity index (χ1n) is 11.7. The van der Waals surface area contributed by atoms with Gasteiger partial charge in [0.05, 0.1) is 5.75 Å². The zero-order chi connectivity index (χ0) is 23.4. The minimum atomic E-state index is -0.111. The third-order valence-corrected chi connectivity index (χ3v) is 8.05. The zero-order valence-corrected chi connectivity index (χ0v) is 21.1. The molecule has 0 unspecified atom stereocenters. The largest absolute Gasteiger partial charge is 0.348 e. The number of aryl methyl sites for hydroxylation is 1. The molecular weight excluding hydrogens is 454 g/mol. The van der Waals surface area contributed by atoms with Crippen LogP contribution in [0.25, 0.3) is 10.3 Å². The highest BCUT2D eigenvalue weighted by Crippen LogP contribution is 2.30. The molecule has 4 rings (SSSR count). The van der Waals surface area contributed by atoms with Crippen molar-refractivity contribution in [2.24, 2.45) is 5.92 Å². The second-order valence-electron chi connectivity index (χ2n) is 8.52. The maximum absolute atomic E-state index is 13.3. The molecule has 0 bridgehead atoms. The second-order valence-corrected chi connectivity index (χ2v) is 10.4. The van der Waals surface area contributed by atoms with Crippen LogP contribution in [0.1, 0.15) is 45.6 Å². The molecule has 1 amide bonds. The monoisotopic (exact) mass is 485 g/mol. The van der Waals surface area contributed by atoms with Crippen molar-refractivity contribution < 1.29 is 4.79 Å². The standard InChI is InChI=1S/C24H31N5O2S2/c1-4-12-29-22(31)20-21(26-23(33-20)28-13-10-16(3)11-14-28)27-24(29)32-15-19(30)25-18-9-7-6-8-17(18)5-2/h6-9,16H,4-5,10-15H2,1-3H3,(H,25,30). The maximum atomic E-state index is 13.3. The average Bonchev–Trinajstić information content (AvgIpc) is 3.25. The number of nitrogens with zero attached hydrogens (tertiary/aromatic N) is 4. The summed E-state index contributed by atoms with van der Waals surface area (Å²) in [5, 5.41) is 4.42. The zero-order valence-electron chi connectivity index (χ0n) is 19.5. The lowest BCUT2D eigenvalue weighted by Crippen LogP contribution is -2.32. The minimum Gasteiger partial charge on any atom is -0.348 e. The third kappa shape index (κ3) is 5.41. The van der Waals surface area contributed by atoms with E-state index < -0.39 is 0 Å². The van der Waals surface area contributed by atoms with E-state index in [1.54, 1.807) is 4.57 Å². The summed E-state index contributed by atoms with van der Waals surface area (Å²) in [4.78, 5) is 37.6. The van der Waals surface area contributed by atoms with Gasteiger partial charge in [0.1, 0.15) is 4.70 Å². The Labute approximate surface area is 202 Å². The number of para-hydroxylation sites is 1. The van der Waals surface area contributed by atoms with Gasteiger partial charge in [-0.3, -0.25) is 14.2 Å². The van der Waals surface area contributed by atoms with E-state index in [2.05, 4.69) is 24.1 Å². The van der Waals surface area contributed by atoms with Crippen LogP contribution in [0.2, 0.25) is 0 Å². The first kappa shape index (κ1) is 23.8. The van der Waals surface area contributed by atoms with Crippen molar-refractivity contribution in [2.75, 3.05) is 29.1 Å². The molecule has 1 saturated heterocycles. The summed E-state index contributed by atoms with van der Waals surface area (Å²) in [6.07, 6.45) is 3.94. The summed E-state index contributed by atoms with van der Waals surface area (Å²) in [5.74, 6) is 0.800. The van der Waals surface area contributed by atoms with Gasteiger partial charge in [-0.1, -0.05) is 62.1 Å². The van der Waals surface area contributed by atoms with Gasteiger partial charge in [0, 0.05) is 25.3 Å². The van der Waals surface area contributed by atoms with Gasteiger partial charge in [-0.2, -0.15) is 4.98 Å². The quantitative estimate of drug-likeness (QED) is 0.365. The number of piperidine rings is 1. The van der Waals surface area contributed by atoms with E-state index in [-0.39, 0.29) is 17.2 Å². The van der Waals surface area contributed by atoms with Crippen LogP contribution in [0.4, 0.5) is 10.8 Å². The second kappa shape index (κ2) is 10.7. The van der Waals surface area contributed by atoms with Gasteiger partial charge in [-0.15, -0.1) is 0 Å². The van der Waals surface area contributed by atoms with Crippen LogP contribution in [0, 0.1) is 5.92 Å². The van der Waals surface area contributed by atoms with Gasteiger partial charge in [-0.25, -0.2) is 4.98 Å². The number of carbonyl (C=O) groups excluding carboxylic acids is 1. The molecule has 1 aliphatic rings. The van der Waals surface area contributed by atoms with Crippen LogP contribution in [0.5, 0.6) is 0 Å². The van der Waals surface area contributed by atoms with Crippen LogP contribution < -0.4 is 15.8 Å². The molecule has 0 radical (unpaired) electrons. The molecule has 1 N–H and O–H groups in total. The number of hydrogen-bond acceptors (Lipinski definition) is 7. The van der Waals surface area contributed by atoms with Crippen molar-refractivity contribution in [3.05, 3.63) is 40.2 Å². The normalized spacial score (nSPS) is 14.7. The van der Waals surface area contributed by atoms with E-state index >= 15 is 0 Å². The average molecular weight is 486 g/mol. The molecule has 0 aliphatic carbocycles.